The van der Waals surface area contributed by atoms with E-state index in [2.05, 4.69) is 39.1 Å². The molecule has 3 nitrogen and oxygen atoms in total. The molecule has 0 spiro atoms. The second kappa shape index (κ2) is 6.64. The highest BCUT2D eigenvalue weighted by Gasteiger charge is 2.26. The molecule has 1 aliphatic rings. The minimum Gasteiger partial charge on any atom is -0.358 e. The van der Waals surface area contributed by atoms with Gasteiger partial charge in [-0.05, 0) is 64.5 Å². The van der Waals surface area contributed by atoms with E-state index in [1.165, 1.54) is 23.2 Å². The number of rotatable bonds is 2. The summed E-state index contributed by atoms with van der Waals surface area (Å²) < 4.78 is 14.1. The van der Waals surface area contributed by atoms with Crippen molar-refractivity contribution >= 4 is 32.7 Å². The predicted molar refractivity (Wildman–Crippen MR) is 100 cm³/mol. The maximum absolute atomic E-state index is 13.5. The number of amides is 1. The number of aromatic amines is 1. The maximum atomic E-state index is 13.5. The van der Waals surface area contributed by atoms with Crippen LogP contribution in [0.4, 0.5) is 4.39 Å². The Labute approximate surface area is 154 Å². The number of para-hydroxylation sites is 1. The lowest BCUT2D eigenvalue weighted by Gasteiger charge is -2.32. The molecule has 2 heterocycles. The van der Waals surface area contributed by atoms with Gasteiger partial charge in [0.1, 0.15) is 5.82 Å². The number of H-pyrrole nitrogens is 1. The van der Waals surface area contributed by atoms with Gasteiger partial charge in [0.05, 0.1) is 5.56 Å². The zero-order chi connectivity index (χ0) is 17.4. The van der Waals surface area contributed by atoms with Crippen LogP contribution in [0.1, 0.15) is 34.8 Å². The Morgan fingerprint density at radius 3 is 2.64 bits per heavy atom. The average molecular weight is 401 g/mol. The fourth-order valence-electron chi connectivity index (χ4n) is 3.54. The van der Waals surface area contributed by atoms with Gasteiger partial charge in [0, 0.05) is 34.7 Å². The number of hydrogen-bond acceptors (Lipinski definition) is 1. The number of halogens is 2. The van der Waals surface area contributed by atoms with E-state index in [1.54, 1.807) is 6.07 Å². The molecule has 5 heteroatoms. The van der Waals surface area contributed by atoms with E-state index in [0.717, 1.165) is 18.4 Å². The van der Waals surface area contributed by atoms with Crippen molar-refractivity contribution in [3.05, 3.63) is 70.1 Å². The summed E-state index contributed by atoms with van der Waals surface area (Å²) in [6, 6.07) is 14.7. The largest absolute Gasteiger partial charge is 0.358 e. The highest BCUT2D eigenvalue weighted by Crippen LogP contribution is 2.31. The van der Waals surface area contributed by atoms with Crippen LogP contribution >= 0.6 is 15.9 Å². The third-order valence-electron chi connectivity index (χ3n) is 4.93. The molecule has 0 unspecified atom stereocenters. The van der Waals surface area contributed by atoms with Crippen LogP contribution < -0.4 is 0 Å². The molecule has 0 bridgehead atoms. The summed E-state index contributed by atoms with van der Waals surface area (Å²) in [5.74, 6) is -0.0756. The van der Waals surface area contributed by atoms with E-state index in [0.29, 0.717) is 29.0 Å². The van der Waals surface area contributed by atoms with E-state index < -0.39 is 0 Å². The van der Waals surface area contributed by atoms with Gasteiger partial charge < -0.3 is 9.88 Å². The van der Waals surface area contributed by atoms with Crippen molar-refractivity contribution in [1.82, 2.24) is 9.88 Å². The number of fused-ring (bicyclic) bond motifs is 1. The molecule has 25 heavy (non-hydrogen) atoms. The Hall–Kier alpha value is -2.14. The van der Waals surface area contributed by atoms with Gasteiger partial charge in [-0.1, -0.05) is 18.2 Å². The van der Waals surface area contributed by atoms with Crippen LogP contribution in [0.5, 0.6) is 0 Å². The quantitative estimate of drug-likeness (QED) is 0.638. The number of nitrogens with one attached hydrogen (secondary N) is 1. The van der Waals surface area contributed by atoms with Gasteiger partial charge in [0.25, 0.3) is 5.91 Å². The van der Waals surface area contributed by atoms with Crippen LogP contribution in [0, 0.1) is 5.82 Å². The first kappa shape index (κ1) is 16.3. The molecule has 0 radical (unpaired) electrons. The first-order valence-corrected chi connectivity index (χ1v) is 9.23. The predicted octanol–water partition coefficient (Wildman–Crippen LogP) is 5.09. The number of nitrogens with zero attached hydrogens (tertiary/aromatic N) is 1. The van der Waals surface area contributed by atoms with Crippen LogP contribution in [0.2, 0.25) is 0 Å². The van der Waals surface area contributed by atoms with Crippen LogP contribution in [0.25, 0.3) is 10.9 Å². The van der Waals surface area contributed by atoms with Gasteiger partial charge in [-0.2, -0.15) is 0 Å². The smallest absolute Gasteiger partial charge is 0.255 e. The molecule has 1 aromatic heterocycles. The van der Waals surface area contributed by atoms with Crippen LogP contribution in [0.15, 0.2) is 53.0 Å². The lowest BCUT2D eigenvalue weighted by molar-refractivity contribution is 0.0711. The number of benzene rings is 2. The molecule has 1 saturated heterocycles. The summed E-state index contributed by atoms with van der Waals surface area (Å²) in [6.45, 7) is 1.36. The van der Waals surface area contributed by atoms with E-state index in [4.69, 9.17) is 0 Å². The normalized spacial score (nSPS) is 15.7. The summed E-state index contributed by atoms with van der Waals surface area (Å²) in [5.41, 5.74) is 2.78. The number of hydrogen-bond donors (Lipinski definition) is 1. The highest BCUT2D eigenvalue weighted by molar-refractivity contribution is 9.10. The minimum absolute atomic E-state index is 0.110. The second-order valence-electron chi connectivity index (χ2n) is 6.50. The molecule has 1 amide bonds. The molecule has 1 aliphatic heterocycles. The SMILES string of the molecule is O=C(c1cc(F)ccc1Br)N1CCC(c2cc3ccccc3[nH]2)CC1. The Bertz CT molecular complexity index is 895. The number of likely N-dealkylation sites (tertiary alicyclic amines) is 1. The average Bonchev–Trinajstić information content (AvgIpc) is 3.07. The molecule has 0 saturated carbocycles. The van der Waals surface area contributed by atoms with Crippen LogP contribution in [-0.4, -0.2) is 28.9 Å². The monoisotopic (exact) mass is 400 g/mol. The van der Waals surface area contributed by atoms with E-state index in [-0.39, 0.29) is 11.7 Å². The molecule has 4 rings (SSSR count). The van der Waals surface area contributed by atoms with E-state index >= 15 is 0 Å². The maximum Gasteiger partial charge on any atom is 0.255 e. The van der Waals surface area contributed by atoms with Gasteiger partial charge >= 0.3 is 0 Å². The van der Waals surface area contributed by atoms with Crippen molar-refractivity contribution in [2.24, 2.45) is 0 Å². The molecule has 0 aliphatic carbocycles. The lowest BCUT2D eigenvalue weighted by Crippen LogP contribution is -2.38. The van der Waals surface area contributed by atoms with E-state index in [1.807, 2.05) is 17.0 Å². The minimum atomic E-state index is -0.389. The van der Waals surface area contributed by atoms with Crippen LogP contribution in [-0.2, 0) is 0 Å². The third kappa shape index (κ3) is 3.21. The summed E-state index contributed by atoms with van der Waals surface area (Å²) in [4.78, 5) is 18.0. The summed E-state index contributed by atoms with van der Waals surface area (Å²) >= 11 is 3.35. The summed E-state index contributed by atoms with van der Waals surface area (Å²) in [6.07, 6.45) is 1.82. The Morgan fingerprint density at radius 1 is 1.12 bits per heavy atom. The third-order valence-corrected chi connectivity index (χ3v) is 5.62. The zero-order valence-corrected chi connectivity index (χ0v) is 15.2. The van der Waals surface area contributed by atoms with Gasteiger partial charge in [-0.3, -0.25) is 4.79 Å². The van der Waals surface area contributed by atoms with Crippen molar-refractivity contribution in [3.63, 3.8) is 0 Å². The summed E-state index contributed by atoms with van der Waals surface area (Å²) in [5, 5.41) is 1.22. The van der Waals surface area contributed by atoms with Crippen LogP contribution in [0.3, 0.4) is 0 Å². The van der Waals surface area contributed by atoms with Crippen molar-refractivity contribution in [2.45, 2.75) is 18.8 Å². The number of piperidine rings is 1. The second-order valence-corrected chi connectivity index (χ2v) is 7.36. The molecule has 0 atom stereocenters. The summed E-state index contributed by atoms with van der Waals surface area (Å²) in [7, 11) is 0. The van der Waals surface area contributed by atoms with Gasteiger partial charge in [0.15, 0.2) is 0 Å². The topological polar surface area (TPSA) is 36.1 Å². The van der Waals surface area contributed by atoms with Gasteiger partial charge in [-0.25, -0.2) is 4.39 Å². The van der Waals surface area contributed by atoms with Gasteiger partial charge in [-0.15, -0.1) is 0 Å². The molecular formula is C20H18BrFN2O. The molecule has 2 aromatic carbocycles. The Morgan fingerprint density at radius 2 is 1.88 bits per heavy atom. The fraction of sp³-hybridized carbons (Fsp3) is 0.250. The van der Waals surface area contributed by atoms with E-state index in [9.17, 15) is 9.18 Å². The molecule has 3 aromatic rings. The van der Waals surface area contributed by atoms with Crippen molar-refractivity contribution in [3.8, 4) is 0 Å². The Balaban J connectivity index is 1.47. The first-order chi connectivity index (χ1) is 12.1. The Kier molecular flexibility index (Phi) is 4.34. The molecule has 1 N–H and O–H groups in total. The zero-order valence-electron chi connectivity index (χ0n) is 13.6. The van der Waals surface area contributed by atoms with Crippen molar-refractivity contribution < 1.29 is 9.18 Å². The first-order valence-electron chi connectivity index (χ1n) is 8.44. The molecular weight excluding hydrogens is 383 g/mol. The number of carbonyl (C=O) groups is 1. The van der Waals surface area contributed by atoms with Crippen molar-refractivity contribution in [2.75, 3.05) is 13.1 Å². The van der Waals surface area contributed by atoms with Gasteiger partial charge in [0.2, 0.25) is 0 Å². The number of aromatic nitrogens is 1. The molecule has 128 valence electrons. The van der Waals surface area contributed by atoms with Crippen molar-refractivity contribution in [1.29, 1.82) is 0 Å². The fourth-order valence-corrected chi connectivity index (χ4v) is 3.96. The molecule has 1 fully saturated rings. The highest BCUT2D eigenvalue weighted by atomic mass is 79.9. The number of carbonyl (C=O) groups excluding carboxylic acids is 1. The standard InChI is InChI=1S/C20H18BrFN2O/c21-17-6-5-15(22)12-16(17)20(25)24-9-7-13(8-10-24)19-11-14-3-1-2-4-18(14)23-19/h1-6,11-13,23H,7-10H2. The lowest BCUT2D eigenvalue weighted by atomic mass is 9.93.